The average Bonchev–Trinajstić information content (AvgIpc) is 2.77. The van der Waals surface area contributed by atoms with Crippen LogP contribution in [0.25, 0.3) is 0 Å². The molecule has 160 valence electrons. The van der Waals surface area contributed by atoms with E-state index >= 15 is 0 Å². The summed E-state index contributed by atoms with van der Waals surface area (Å²) in [4.78, 5) is 26.2. The number of aryl methyl sites for hydroxylation is 1. The molecule has 1 atom stereocenters. The lowest BCUT2D eigenvalue weighted by atomic mass is 10.0. The molecule has 0 saturated heterocycles. The summed E-state index contributed by atoms with van der Waals surface area (Å²) in [7, 11) is -2.63. The van der Waals surface area contributed by atoms with Gasteiger partial charge in [-0.15, -0.1) is 0 Å². The van der Waals surface area contributed by atoms with E-state index in [1.165, 1.54) is 25.3 Å². The molecule has 0 bridgehead atoms. The molecule has 0 amide bonds. The van der Waals surface area contributed by atoms with Gasteiger partial charge in [-0.25, -0.2) is 8.42 Å². The van der Waals surface area contributed by atoms with Gasteiger partial charge in [-0.1, -0.05) is 57.9 Å². The van der Waals surface area contributed by atoms with E-state index in [-0.39, 0.29) is 16.0 Å². The molecule has 0 saturated carbocycles. The number of hydrogen-bond acceptors (Lipinski definition) is 5. The minimum Gasteiger partial charge on any atom is -0.497 e. The normalized spacial score (nSPS) is 12.2. The number of methoxy groups -OCH3 is 1. The van der Waals surface area contributed by atoms with E-state index in [9.17, 15) is 18.0 Å². The highest BCUT2D eigenvalue weighted by Crippen LogP contribution is 2.25. The van der Waals surface area contributed by atoms with Gasteiger partial charge in [-0.05, 0) is 43.3 Å². The summed E-state index contributed by atoms with van der Waals surface area (Å²) in [5.74, 6) is -0.600. The van der Waals surface area contributed by atoms with Gasteiger partial charge in [0.05, 0.1) is 12.0 Å². The summed E-state index contributed by atoms with van der Waals surface area (Å²) in [6, 6.07) is 19.1. The predicted molar refractivity (Wildman–Crippen MR) is 123 cm³/mol. The van der Waals surface area contributed by atoms with Crippen LogP contribution in [0.5, 0.6) is 5.75 Å². The highest BCUT2D eigenvalue weighted by molar-refractivity contribution is 9.10. The fourth-order valence-electron chi connectivity index (χ4n) is 3.12. The Kier molecular flexibility index (Phi) is 7.08. The number of carbonyl (C=O) groups is 2. The van der Waals surface area contributed by atoms with Crippen LogP contribution in [0, 0.1) is 6.92 Å². The Bertz CT molecular complexity index is 1200. The second-order valence-corrected chi connectivity index (χ2v) is 10.1. The zero-order valence-electron chi connectivity index (χ0n) is 17.0. The van der Waals surface area contributed by atoms with Gasteiger partial charge in [0.2, 0.25) is 0 Å². The number of carbonyl (C=O) groups excluding carboxylic acids is 2. The van der Waals surface area contributed by atoms with E-state index in [2.05, 4.69) is 15.9 Å². The maximum atomic E-state index is 13.4. The van der Waals surface area contributed by atoms with Gasteiger partial charge in [0, 0.05) is 22.0 Å². The van der Waals surface area contributed by atoms with Crippen LogP contribution in [0.15, 0.2) is 82.2 Å². The molecule has 3 aromatic carbocycles. The van der Waals surface area contributed by atoms with Crippen molar-refractivity contribution in [1.29, 1.82) is 0 Å². The first-order valence-corrected chi connectivity index (χ1v) is 11.8. The zero-order chi connectivity index (χ0) is 22.6. The minimum atomic E-state index is -4.11. The van der Waals surface area contributed by atoms with E-state index in [0.29, 0.717) is 5.75 Å². The fraction of sp³-hybridized carbons (Fsp3) is 0.167. The lowest BCUT2D eigenvalue weighted by molar-refractivity contribution is 0.0920. The number of benzene rings is 3. The van der Waals surface area contributed by atoms with Gasteiger partial charge < -0.3 is 4.74 Å². The third-order valence-electron chi connectivity index (χ3n) is 4.91. The summed E-state index contributed by atoms with van der Waals surface area (Å²) in [5.41, 5.74) is 1.40. The highest BCUT2D eigenvalue weighted by Gasteiger charge is 2.36. The Morgan fingerprint density at radius 3 is 2.19 bits per heavy atom. The van der Waals surface area contributed by atoms with E-state index in [0.717, 1.165) is 10.0 Å². The standard InChI is InChI=1S/C24H21BrO5S/c1-16-6-12-21(13-7-16)31(28,29)23(24(27)17-8-10-19(25)11-9-17)15-22(26)18-4-3-5-20(14-18)30-2/h3-14,23H,15H2,1-2H3/t23-/m1/s1. The second-order valence-electron chi connectivity index (χ2n) is 7.08. The van der Waals surface area contributed by atoms with Crippen molar-refractivity contribution in [3.8, 4) is 5.75 Å². The average molecular weight is 501 g/mol. The number of ketones is 2. The van der Waals surface area contributed by atoms with Crippen molar-refractivity contribution >= 4 is 37.3 Å². The second kappa shape index (κ2) is 9.58. The lowest BCUT2D eigenvalue weighted by Gasteiger charge is -2.17. The summed E-state index contributed by atoms with van der Waals surface area (Å²) in [5, 5.41) is -1.55. The third-order valence-corrected chi connectivity index (χ3v) is 7.50. The van der Waals surface area contributed by atoms with Crippen LogP contribution in [0.1, 0.15) is 32.7 Å². The van der Waals surface area contributed by atoms with Crippen LogP contribution in [0.4, 0.5) is 0 Å². The molecule has 0 spiro atoms. The van der Waals surface area contributed by atoms with E-state index < -0.39 is 33.1 Å². The maximum absolute atomic E-state index is 13.4. The van der Waals surface area contributed by atoms with Crippen LogP contribution >= 0.6 is 15.9 Å². The first-order chi connectivity index (χ1) is 14.7. The molecular weight excluding hydrogens is 480 g/mol. The number of Topliss-reactive ketones (excluding diaryl/α,β-unsaturated/α-hetero) is 2. The van der Waals surface area contributed by atoms with Crippen molar-refractivity contribution in [3.05, 3.63) is 94.0 Å². The maximum Gasteiger partial charge on any atom is 0.189 e. The molecule has 0 heterocycles. The number of rotatable bonds is 8. The van der Waals surface area contributed by atoms with Crippen molar-refractivity contribution in [2.45, 2.75) is 23.5 Å². The molecule has 0 N–H and O–H groups in total. The molecule has 0 aliphatic carbocycles. The summed E-state index contributed by atoms with van der Waals surface area (Å²) < 4.78 is 32.7. The van der Waals surface area contributed by atoms with Crippen LogP contribution in [0.2, 0.25) is 0 Å². The van der Waals surface area contributed by atoms with Crippen molar-refractivity contribution in [2.24, 2.45) is 0 Å². The van der Waals surface area contributed by atoms with Crippen LogP contribution in [-0.2, 0) is 9.84 Å². The first kappa shape index (κ1) is 22.9. The van der Waals surface area contributed by atoms with Crippen molar-refractivity contribution in [2.75, 3.05) is 7.11 Å². The predicted octanol–water partition coefficient (Wildman–Crippen LogP) is 5.06. The summed E-state index contributed by atoms with van der Waals surface area (Å²) in [6.07, 6.45) is -0.474. The van der Waals surface area contributed by atoms with Crippen LogP contribution < -0.4 is 4.74 Å². The molecular formula is C24H21BrO5S. The molecule has 0 aliphatic heterocycles. The monoisotopic (exact) mass is 500 g/mol. The third kappa shape index (κ3) is 5.29. The molecule has 0 unspecified atom stereocenters. The van der Waals surface area contributed by atoms with E-state index in [4.69, 9.17) is 4.74 Å². The first-order valence-electron chi connectivity index (χ1n) is 9.50. The topological polar surface area (TPSA) is 77.5 Å². The van der Waals surface area contributed by atoms with Gasteiger partial charge in [0.25, 0.3) is 0 Å². The lowest BCUT2D eigenvalue weighted by Crippen LogP contribution is -2.33. The number of ether oxygens (including phenoxy) is 1. The van der Waals surface area contributed by atoms with Crippen molar-refractivity contribution in [1.82, 2.24) is 0 Å². The Hall–Kier alpha value is -2.77. The van der Waals surface area contributed by atoms with Gasteiger partial charge >= 0.3 is 0 Å². The molecule has 0 radical (unpaired) electrons. The fourth-order valence-corrected chi connectivity index (χ4v) is 5.02. The van der Waals surface area contributed by atoms with Gasteiger partial charge in [-0.2, -0.15) is 0 Å². The SMILES string of the molecule is COc1cccc(C(=O)C[C@H](C(=O)c2ccc(Br)cc2)S(=O)(=O)c2ccc(C)cc2)c1. The molecule has 0 aromatic heterocycles. The molecule has 5 nitrogen and oxygen atoms in total. The Labute approximate surface area is 190 Å². The molecule has 0 fully saturated rings. The minimum absolute atomic E-state index is 0.00649. The largest absolute Gasteiger partial charge is 0.497 e. The number of hydrogen-bond donors (Lipinski definition) is 0. The van der Waals surface area contributed by atoms with Crippen molar-refractivity contribution < 1.29 is 22.7 Å². The van der Waals surface area contributed by atoms with Crippen LogP contribution in [0.3, 0.4) is 0 Å². The van der Waals surface area contributed by atoms with Crippen molar-refractivity contribution in [3.63, 3.8) is 0 Å². The molecule has 3 aromatic rings. The quantitative estimate of drug-likeness (QED) is 0.403. The molecule has 31 heavy (non-hydrogen) atoms. The number of sulfone groups is 1. The van der Waals surface area contributed by atoms with Gasteiger partial charge in [-0.3, -0.25) is 9.59 Å². The van der Waals surface area contributed by atoms with Crippen LogP contribution in [-0.4, -0.2) is 32.3 Å². The number of halogens is 1. The summed E-state index contributed by atoms with van der Waals surface area (Å²) in [6.45, 7) is 1.84. The molecule has 3 rings (SSSR count). The van der Waals surface area contributed by atoms with E-state index in [1.54, 1.807) is 54.6 Å². The molecule has 0 aliphatic rings. The molecule has 7 heteroatoms. The van der Waals surface area contributed by atoms with E-state index in [1.807, 2.05) is 6.92 Å². The Morgan fingerprint density at radius 2 is 1.58 bits per heavy atom. The Balaban J connectivity index is 2.02. The van der Waals surface area contributed by atoms with Gasteiger partial charge in [0.15, 0.2) is 21.4 Å². The van der Waals surface area contributed by atoms with Gasteiger partial charge in [0.1, 0.15) is 11.0 Å². The zero-order valence-corrected chi connectivity index (χ0v) is 19.4. The Morgan fingerprint density at radius 1 is 0.935 bits per heavy atom. The smallest absolute Gasteiger partial charge is 0.189 e. The summed E-state index contributed by atoms with van der Waals surface area (Å²) >= 11 is 3.30. The highest BCUT2D eigenvalue weighted by atomic mass is 79.9.